The molecule has 138 valence electrons. The number of benzene rings is 2. The van der Waals surface area contributed by atoms with Crippen molar-refractivity contribution in [3.05, 3.63) is 71.9 Å². The summed E-state index contributed by atoms with van der Waals surface area (Å²) in [6, 6.07) is 18.5. The van der Waals surface area contributed by atoms with Crippen LogP contribution in [0.1, 0.15) is 11.1 Å². The molecular formula is C22H18N4OS. The van der Waals surface area contributed by atoms with Gasteiger partial charge >= 0.3 is 0 Å². The highest BCUT2D eigenvalue weighted by Crippen LogP contribution is 2.30. The largest absolute Gasteiger partial charge is 0.497 e. The molecule has 0 amide bonds. The predicted octanol–water partition coefficient (Wildman–Crippen LogP) is 5.04. The van der Waals surface area contributed by atoms with Crippen LogP contribution in [0, 0.1) is 6.92 Å². The molecule has 0 unspecified atom stereocenters. The molecule has 5 aromatic rings. The molecule has 0 bridgehead atoms. The zero-order valence-electron chi connectivity index (χ0n) is 15.6. The van der Waals surface area contributed by atoms with E-state index in [4.69, 9.17) is 4.74 Å². The molecule has 0 radical (unpaired) electrons. The number of hydrogen-bond acceptors (Lipinski definition) is 5. The van der Waals surface area contributed by atoms with Crippen LogP contribution in [0.15, 0.2) is 66.0 Å². The molecule has 0 saturated carbocycles. The van der Waals surface area contributed by atoms with Crippen LogP contribution < -0.4 is 4.74 Å². The van der Waals surface area contributed by atoms with Gasteiger partial charge in [-0.3, -0.25) is 9.38 Å². The van der Waals surface area contributed by atoms with E-state index in [0.29, 0.717) is 0 Å². The highest BCUT2D eigenvalue weighted by atomic mass is 32.2. The average Bonchev–Trinajstić information content (AvgIpc) is 3.14. The highest BCUT2D eigenvalue weighted by molar-refractivity contribution is 7.98. The number of nitrogens with zero attached hydrogens (tertiary/aromatic N) is 4. The van der Waals surface area contributed by atoms with Gasteiger partial charge in [-0.25, -0.2) is 0 Å². The summed E-state index contributed by atoms with van der Waals surface area (Å²) in [5.74, 6) is 1.59. The maximum Gasteiger partial charge on any atom is 0.196 e. The molecule has 5 rings (SSSR count). The lowest BCUT2D eigenvalue weighted by Gasteiger charge is -2.09. The number of aromatic nitrogens is 4. The number of pyridine rings is 2. The highest BCUT2D eigenvalue weighted by Gasteiger charge is 2.13. The second-order valence-electron chi connectivity index (χ2n) is 6.67. The summed E-state index contributed by atoms with van der Waals surface area (Å²) >= 11 is 1.67. The van der Waals surface area contributed by atoms with Crippen LogP contribution in [-0.2, 0) is 5.75 Å². The first-order valence-electron chi connectivity index (χ1n) is 9.02. The summed E-state index contributed by atoms with van der Waals surface area (Å²) in [7, 11) is 1.68. The van der Waals surface area contributed by atoms with E-state index >= 15 is 0 Å². The summed E-state index contributed by atoms with van der Waals surface area (Å²) in [4.78, 5) is 4.55. The first kappa shape index (κ1) is 17.0. The van der Waals surface area contributed by atoms with E-state index in [1.807, 2.05) is 24.4 Å². The number of para-hydroxylation sites is 1. The first-order chi connectivity index (χ1) is 13.7. The van der Waals surface area contributed by atoms with Crippen molar-refractivity contribution in [1.29, 1.82) is 0 Å². The van der Waals surface area contributed by atoms with E-state index in [2.05, 4.69) is 62.9 Å². The van der Waals surface area contributed by atoms with Crippen LogP contribution in [0.2, 0.25) is 0 Å². The van der Waals surface area contributed by atoms with E-state index in [1.165, 1.54) is 16.5 Å². The molecule has 0 spiro atoms. The van der Waals surface area contributed by atoms with E-state index < -0.39 is 0 Å². The van der Waals surface area contributed by atoms with Gasteiger partial charge in [-0.2, -0.15) is 0 Å². The number of methoxy groups -OCH3 is 1. The molecule has 0 N–H and O–H groups in total. The number of thioether (sulfide) groups is 1. The maximum atomic E-state index is 5.44. The minimum atomic E-state index is 0.772. The quantitative estimate of drug-likeness (QED) is 0.405. The van der Waals surface area contributed by atoms with Gasteiger partial charge in [0.05, 0.1) is 18.1 Å². The number of hydrogen-bond donors (Lipinski definition) is 0. The molecule has 0 aliphatic carbocycles. The van der Waals surface area contributed by atoms with Crippen molar-refractivity contribution in [2.75, 3.05) is 7.11 Å². The van der Waals surface area contributed by atoms with Crippen molar-refractivity contribution < 1.29 is 4.74 Å². The van der Waals surface area contributed by atoms with Gasteiger partial charge in [0.1, 0.15) is 5.75 Å². The molecule has 2 aromatic carbocycles. The lowest BCUT2D eigenvalue weighted by Crippen LogP contribution is -1.95. The van der Waals surface area contributed by atoms with Crippen molar-refractivity contribution >= 4 is 39.2 Å². The molecule has 0 atom stereocenters. The topological polar surface area (TPSA) is 52.3 Å². The molecule has 3 heterocycles. The van der Waals surface area contributed by atoms with Gasteiger partial charge in [0, 0.05) is 28.8 Å². The number of ether oxygens (including phenoxy) is 1. The molecule has 3 aromatic heterocycles. The molecule has 0 fully saturated rings. The van der Waals surface area contributed by atoms with Crippen molar-refractivity contribution in [2.45, 2.75) is 17.8 Å². The molecule has 5 nitrogen and oxygen atoms in total. The summed E-state index contributed by atoms with van der Waals surface area (Å²) in [5, 5.41) is 12.0. The average molecular weight is 386 g/mol. The van der Waals surface area contributed by atoms with Crippen LogP contribution in [0.4, 0.5) is 0 Å². The molecule has 28 heavy (non-hydrogen) atoms. The van der Waals surface area contributed by atoms with Crippen LogP contribution in [0.5, 0.6) is 5.75 Å². The molecule has 0 aliphatic rings. The second-order valence-corrected chi connectivity index (χ2v) is 7.61. The molecular weight excluding hydrogens is 368 g/mol. The minimum Gasteiger partial charge on any atom is -0.497 e. The Morgan fingerprint density at radius 2 is 1.93 bits per heavy atom. The van der Waals surface area contributed by atoms with Gasteiger partial charge in [-0.15, -0.1) is 10.2 Å². The van der Waals surface area contributed by atoms with Crippen LogP contribution >= 0.6 is 11.8 Å². The van der Waals surface area contributed by atoms with E-state index in [1.54, 1.807) is 18.9 Å². The predicted molar refractivity (Wildman–Crippen MR) is 113 cm³/mol. The fourth-order valence-corrected chi connectivity index (χ4v) is 4.49. The second kappa shape index (κ2) is 6.80. The van der Waals surface area contributed by atoms with Gasteiger partial charge in [0.2, 0.25) is 0 Å². The third-order valence-corrected chi connectivity index (χ3v) is 5.93. The zero-order valence-corrected chi connectivity index (χ0v) is 16.4. The van der Waals surface area contributed by atoms with Crippen LogP contribution in [0.3, 0.4) is 0 Å². The Labute approximate surface area is 166 Å². The van der Waals surface area contributed by atoms with Gasteiger partial charge in [-0.05, 0) is 42.3 Å². The van der Waals surface area contributed by atoms with Gasteiger partial charge in [0.25, 0.3) is 0 Å². The van der Waals surface area contributed by atoms with Crippen molar-refractivity contribution in [2.24, 2.45) is 0 Å². The Hall–Kier alpha value is -3.12. The Morgan fingerprint density at radius 3 is 2.82 bits per heavy atom. The summed E-state index contributed by atoms with van der Waals surface area (Å²) in [5.41, 5.74) is 5.30. The SMILES string of the molecule is COc1ccc2c(C)cc3nnc(SCc4cccc5cccnc45)n3c2c1. The molecule has 0 aliphatic heterocycles. The maximum absolute atomic E-state index is 5.44. The van der Waals surface area contributed by atoms with Crippen molar-refractivity contribution in [1.82, 2.24) is 19.6 Å². The number of fused-ring (bicyclic) bond motifs is 4. The molecule has 6 heteroatoms. The molecule has 0 saturated heterocycles. The monoisotopic (exact) mass is 386 g/mol. The van der Waals surface area contributed by atoms with Crippen molar-refractivity contribution in [3.63, 3.8) is 0 Å². The lowest BCUT2D eigenvalue weighted by atomic mass is 10.1. The zero-order chi connectivity index (χ0) is 19.1. The Bertz CT molecular complexity index is 1320. The Balaban J connectivity index is 1.60. The van der Waals surface area contributed by atoms with Crippen molar-refractivity contribution in [3.8, 4) is 5.75 Å². The Kier molecular flexibility index (Phi) is 4.13. The van der Waals surface area contributed by atoms with E-state index in [-0.39, 0.29) is 0 Å². The first-order valence-corrected chi connectivity index (χ1v) is 10.0. The summed E-state index contributed by atoms with van der Waals surface area (Å²) in [6.45, 7) is 2.10. The fourth-order valence-electron chi connectivity index (χ4n) is 3.55. The third-order valence-electron chi connectivity index (χ3n) is 4.95. The fraction of sp³-hybridized carbons (Fsp3) is 0.136. The van der Waals surface area contributed by atoms with E-state index in [0.717, 1.165) is 38.7 Å². The smallest absolute Gasteiger partial charge is 0.196 e. The van der Waals surface area contributed by atoms with Gasteiger partial charge < -0.3 is 4.74 Å². The Morgan fingerprint density at radius 1 is 1.04 bits per heavy atom. The van der Waals surface area contributed by atoms with E-state index in [9.17, 15) is 0 Å². The van der Waals surface area contributed by atoms with Crippen LogP contribution in [0.25, 0.3) is 27.5 Å². The van der Waals surface area contributed by atoms with Gasteiger partial charge in [0.15, 0.2) is 10.8 Å². The summed E-state index contributed by atoms with van der Waals surface area (Å²) in [6.07, 6.45) is 1.84. The standard InChI is InChI=1S/C22H18N4OS/c1-14-11-20-24-25-22(26(20)19-12-17(27-2)8-9-18(14)19)28-13-16-6-3-5-15-7-4-10-23-21(15)16/h3-12H,13H2,1-2H3. The number of rotatable bonds is 4. The van der Waals surface area contributed by atoms with Gasteiger partial charge in [-0.1, -0.05) is 36.0 Å². The minimum absolute atomic E-state index is 0.772. The number of aryl methyl sites for hydroxylation is 1. The third kappa shape index (κ3) is 2.77. The normalized spacial score (nSPS) is 11.5. The lowest BCUT2D eigenvalue weighted by molar-refractivity contribution is 0.415. The summed E-state index contributed by atoms with van der Waals surface area (Å²) < 4.78 is 7.54. The van der Waals surface area contributed by atoms with Crippen LogP contribution in [-0.4, -0.2) is 26.7 Å².